The Labute approximate surface area is 225 Å². The SMILES string of the molecule is COCCC1CCN(Cc2cc3nc(-c4cc(C(N)=O)cc5[nH]ccc45)nc(N4CCOCC4)c3s2)CC1. The molecule has 2 aliphatic rings. The Morgan fingerprint density at radius 3 is 2.76 bits per heavy atom. The second kappa shape index (κ2) is 11.0. The van der Waals surface area contributed by atoms with E-state index in [-0.39, 0.29) is 0 Å². The van der Waals surface area contributed by atoms with Crippen molar-refractivity contribution in [3.8, 4) is 11.4 Å². The van der Waals surface area contributed by atoms with Crippen LogP contribution in [0.5, 0.6) is 0 Å². The van der Waals surface area contributed by atoms with E-state index in [4.69, 9.17) is 25.2 Å². The van der Waals surface area contributed by atoms with E-state index in [1.807, 2.05) is 18.3 Å². The molecule has 38 heavy (non-hydrogen) atoms. The molecular formula is C28H34N6O3S. The summed E-state index contributed by atoms with van der Waals surface area (Å²) in [4.78, 5) is 31.6. The molecule has 2 saturated heterocycles. The molecule has 0 bridgehead atoms. The molecule has 0 unspecified atom stereocenters. The molecule has 5 heterocycles. The van der Waals surface area contributed by atoms with Crippen LogP contribution in [0, 0.1) is 5.92 Å². The van der Waals surface area contributed by atoms with Gasteiger partial charge in [0.05, 0.1) is 23.4 Å². The summed E-state index contributed by atoms with van der Waals surface area (Å²) < 4.78 is 12.0. The lowest BCUT2D eigenvalue weighted by Crippen LogP contribution is -2.36. The average molecular weight is 535 g/mol. The maximum Gasteiger partial charge on any atom is 0.248 e. The van der Waals surface area contributed by atoms with Crippen LogP contribution in [0.4, 0.5) is 5.82 Å². The number of rotatable bonds is 8. The fraction of sp³-hybridized carbons (Fsp3) is 0.464. The summed E-state index contributed by atoms with van der Waals surface area (Å²) in [6, 6.07) is 7.80. The van der Waals surface area contributed by atoms with Crippen molar-refractivity contribution in [2.75, 3.05) is 58.0 Å². The van der Waals surface area contributed by atoms with Crippen molar-refractivity contribution in [3.05, 3.63) is 40.9 Å². The summed E-state index contributed by atoms with van der Waals surface area (Å²) in [6.45, 7) is 6.93. The first-order valence-electron chi connectivity index (χ1n) is 13.3. The first-order chi connectivity index (χ1) is 18.6. The van der Waals surface area contributed by atoms with Gasteiger partial charge in [0.15, 0.2) is 11.6 Å². The highest BCUT2D eigenvalue weighted by Crippen LogP contribution is 2.37. The smallest absolute Gasteiger partial charge is 0.248 e. The number of carbonyl (C=O) groups excluding carboxylic acids is 1. The lowest BCUT2D eigenvalue weighted by atomic mass is 9.94. The second-order valence-electron chi connectivity index (χ2n) is 10.2. The third-order valence-electron chi connectivity index (χ3n) is 7.73. The number of amides is 1. The zero-order chi connectivity index (χ0) is 26.1. The Bertz CT molecular complexity index is 1440. The summed E-state index contributed by atoms with van der Waals surface area (Å²) in [6.07, 6.45) is 5.46. The second-order valence-corrected chi connectivity index (χ2v) is 11.4. The van der Waals surface area contributed by atoms with Crippen LogP contribution in [0.2, 0.25) is 0 Å². The van der Waals surface area contributed by atoms with Gasteiger partial charge in [0.2, 0.25) is 5.91 Å². The number of anilines is 1. The predicted molar refractivity (Wildman–Crippen MR) is 151 cm³/mol. The average Bonchev–Trinajstić information content (AvgIpc) is 3.58. The minimum atomic E-state index is -0.471. The molecule has 1 aromatic carbocycles. The zero-order valence-corrected chi connectivity index (χ0v) is 22.6. The minimum Gasteiger partial charge on any atom is -0.385 e. The molecule has 10 heteroatoms. The number of thiophene rings is 1. The van der Waals surface area contributed by atoms with E-state index < -0.39 is 5.91 Å². The standard InChI is InChI=1S/C28H34N6O3S/c1-36-11-5-18-3-7-33(8-4-18)17-20-16-24-25(38-20)28(34-9-12-37-13-10-34)32-27(31-24)22-14-19(26(29)35)15-23-21(22)2-6-30-23/h2,6,14-16,18,30H,3-5,7-13,17H2,1H3,(H2,29,35). The number of primary amides is 1. The van der Waals surface area contributed by atoms with Crippen LogP contribution in [0.3, 0.4) is 0 Å². The molecular weight excluding hydrogens is 500 g/mol. The number of aromatic amines is 1. The first kappa shape index (κ1) is 25.2. The van der Waals surface area contributed by atoms with Crippen LogP contribution in [0.15, 0.2) is 30.5 Å². The number of hydrogen-bond acceptors (Lipinski definition) is 8. The van der Waals surface area contributed by atoms with Crippen LogP contribution in [-0.2, 0) is 16.0 Å². The number of carbonyl (C=O) groups is 1. The Morgan fingerprint density at radius 1 is 1.18 bits per heavy atom. The zero-order valence-electron chi connectivity index (χ0n) is 21.7. The molecule has 9 nitrogen and oxygen atoms in total. The van der Waals surface area contributed by atoms with Gasteiger partial charge in [0, 0.05) is 66.5 Å². The van der Waals surface area contributed by atoms with Gasteiger partial charge in [0.25, 0.3) is 0 Å². The molecule has 2 fully saturated rings. The number of likely N-dealkylation sites (tertiary alicyclic amines) is 1. The molecule has 0 atom stereocenters. The number of nitrogens with zero attached hydrogens (tertiary/aromatic N) is 4. The van der Waals surface area contributed by atoms with Gasteiger partial charge in [-0.05, 0) is 62.5 Å². The van der Waals surface area contributed by atoms with E-state index in [0.29, 0.717) is 24.6 Å². The number of ether oxygens (including phenoxy) is 2. The highest BCUT2D eigenvalue weighted by atomic mass is 32.1. The van der Waals surface area contributed by atoms with Gasteiger partial charge in [-0.25, -0.2) is 9.97 Å². The number of piperidine rings is 1. The van der Waals surface area contributed by atoms with E-state index in [0.717, 1.165) is 84.2 Å². The number of fused-ring (bicyclic) bond motifs is 2. The minimum absolute atomic E-state index is 0.437. The van der Waals surface area contributed by atoms with Crippen molar-refractivity contribution in [2.45, 2.75) is 25.8 Å². The van der Waals surface area contributed by atoms with E-state index in [1.165, 1.54) is 17.7 Å². The first-order valence-corrected chi connectivity index (χ1v) is 14.2. The molecule has 0 radical (unpaired) electrons. The van der Waals surface area contributed by atoms with Crippen LogP contribution < -0.4 is 10.6 Å². The molecule has 0 saturated carbocycles. The Kier molecular flexibility index (Phi) is 7.29. The molecule has 0 spiro atoms. The quantitative estimate of drug-likeness (QED) is 0.351. The number of hydrogen-bond donors (Lipinski definition) is 2. The summed E-state index contributed by atoms with van der Waals surface area (Å²) in [5.41, 5.74) is 8.68. The van der Waals surface area contributed by atoms with Crippen molar-refractivity contribution in [1.29, 1.82) is 0 Å². The van der Waals surface area contributed by atoms with Gasteiger partial charge < -0.3 is 25.1 Å². The van der Waals surface area contributed by atoms with Crippen LogP contribution >= 0.6 is 11.3 Å². The van der Waals surface area contributed by atoms with Crippen molar-refractivity contribution in [3.63, 3.8) is 0 Å². The highest BCUT2D eigenvalue weighted by Gasteiger charge is 2.24. The van der Waals surface area contributed by atoms with E-state index in [9.17, 15) is 4.79 Å². The third kappa shape index (κ3) is 5.13. The number of benzene rings is 1. The third-order valence-corrected chi connectivity index (χ3v) is 8.83. The molecule has 6 rings (SSSR count). The number of nitrogens with two attached hydrogens (primary N) is 1. The van der Waals surface area contributed by atoms with Gasteiger partial charge in [-0.1, -0.05) is 0 Å². The Morgan fingerprint density at radius 2 is 2.00 bits per heavy atom. The lowest BCUT2D eigenvalue weighted by molar-refractivity contribution is 0.100. The summed E-state index contributed by atoms with van der Waals surface area (Å²) in [5.74, 6) is 1.84. The maximum atomic E-state index is 12.1. The topological polar surface area (TPSA) is 110 Å². The van der Waals surface area contributed by atoms with Crippen molar-refractivity contribution >= 4 is 44.2 Å². The molecule has 2 aliphatic heterocycles. The van der Waals surface area contributed by atoms with Gasteiger partial charge in [-0.15, -0.1) is 11.3 Å². The number of aromatic nitrogens is 3. The maximum absolute atomic E-state index is 12.1. The van der Waals surface area contributed by atoms with Crippen LogP contribution in [0.25, 0.3) is 32.5 Å². The van der Waals surface area contributed by atoms with Gasteiger partial charge in [-0.3, -0.25) is 9.69 Å². The predicted octanol–water partition coefficient (Wildman–Crippen LogP) is 4.02. The Hall–Kier alpha value is -3.05. The van der Waals surface area contributed by atoms with Gasteiger partial charge >= 0.3 is 0 Å². The normalized spacial score (nSPS) is 17.6. The Balaban J connectivity index is 1.36. The van der Waals surface area contributed by atoms with Crippen LogP contribution in [-0.4, -0.2) is 78.9 Å². The van der Waals surface area contributed by atoms with E-state index in [2.05, 4.69) is 20.9 Å². The summed E-state index contributed by atoms with van der Waals surface area (Å²) in [7, 11) is 1.78. The molecule has 0 aliphatic carbocycles. The van der Waals surface area contributed by atoms with E-state index in [1.54, 1.807) is 24.5 Å². The lowest BCUT2D eigenvalue weighted by Gasteiger charge is -2.31. The monoisotopic (exact) mass is 534 g/mol. The van der Waals surface area contributed by atoms with Crippen molar-refractivity contribution < 1.29 is 14.3 Å². The molecule has 3 N–H and O–H groups in total. The van der Waals surface area contributed by atoms with Crippen molar-refractivity contribution in [2.24, 2.45) is 11.7 Å². The highest BCUT2D eigenvalue weighted by molar-refractivity contribution is 7.19. The largest absolute Gasteiger partial charge is 0.385 e. The summed E-state index contributed by atoms with van der Waals surface area (Å²) in [5, 5.41) is 0.967. The fourth-order valence-corrected chi connectivity index (χ4v) is 6.74. The number of morpholine rings is 1. The molecule has 4 aromatic rings. The molecule has 200 valence electrons. The van der Waals surface area contributed by atoms with E-state index >= 15 is 0 Å². The number of methoxy groups -OCH3 is 1. The van der Waals surface area contributed by atoms with Gasteiger partial charge in [-0.2, -0.15) is 0 Å². The van der Waals surface area contributed by atoms with Crippen LogP contribution in [0.1, 0.15) is 34.5 Å². The fourth-order valence-electron chi connectivity index (χ4n) is 5.58. The number of nitrogens with one attached hydrogen (secondary N) is 1. The van der Waals surface area contributed by atoms with Gasteiger partial charge in [0.1, 0.15) is 0 Å². The molecule has 1 amide bonds. The summed E-state index contributed by atoms with van der Waals surface area (Å²) >= 11 is 1.79. The van der Waals surface area contributed by atoms with Crippen molar-refractivity contribution in [1.82, 2.24) is 19.9 Å². The molecule has 3 aromatic heterocycles. The number of H-pyrrole nitrogens is 1.